The van der Waals surface area contributed by atoms with Crippen LogP contribution in [0.4, 0.5) is 0 Å². The lowest BCUT2D eigenvalue weighted by molar-refractivity contribution is 0.0954. The normalized spacial score (nSPS) is 11.2. The van der Waals surface area contributed by atoms with Gasteiger partial charge in [0.15, 0.2) is 0 Å². The van der Waals surface area contributed by atoms with E-state index < -0.39 is 21.5 Å². The molecule has 0 aliphatic rings. The average Bonchev–Trinajstić information content (AvgIpc) is 2.55. The topological polar surface area (TPSA) is 121 Å². The zero-order chi connectivity index (χ0) is 16.9. The van der Waals surface area contributed by atoms with Crippen molar-refractivity contribution in [2.45, 2.75) is 0 Å². The Kier molecular flexibility index (Phi) is 5.24. The Morgan fingerprint density at radius 2 is 1.96 bits per heavy atom. The predicted molar refractivity (Wildman–Crippen MR) is 85.5 cm³/mol. The maximum Gasteiger partial charge on any atom is 0.264 e. The summed E-state index contributed by atoms with van der Waals surface area (Å²) < 4.78 is 24.6. The van der Waals surface area contributed by atoms with Crippen molar-refractivity contribution in [1.29, 1.82) is 0 Å². The van der Waals surface area contributed by atoms with Gasteiger partial charge in [-0.25, -0.2) is 18.1 Å². The van der Waals surface area contributed by atoms with Crippen molar-refractivity contribution in [3.05, 3.63) is 52.4 Å². The number of rotatable bonds is 6. The smallest absolute Gasteiger partial charge is 0.264 e. The lowest BCUT2D eigenvalue weighted by atomic mass is 10.2. The van der Waals surface area contributed by atoms with Gasteiger partial charge in [-0.3, -0.25) is 9.59 Å². The summed E-state index contributed by atoms with van der Waals surface area (Å²) in [5, 5.41) is 2.37. The fourth-order valence-electron chi connectivity index (χ4n) is 1.80. The van der Waals surface area contributed by atoms with Gasteiger partial charge >= 0.3 is 0 Å². The minimum Gasteiger partial charge on any atom is -0.351 e. The summed E-state index contributed by atoms with van der Waals surface area (Å²) in [7, 11) is -2.13. The Labute approximate surface area is 133 Å². The van der Waals surface area contributed by atoms with Crippen LogP contribution in [0.2, 0.25) is 0 Å². The summed E-state index contributed by atoms with van der Waals surface area (Å²) in [6.45, 7) is -0.109. The zero-order valence-electron chi connectivity index (χ0n) is 12.4. The third kappa shape index (κ3) is 4.47. The minimum absolute atomic E-state index is 0.109. The van der Waals surface area contributed by atoms with Crippen LogP contribution in [-0.2, 0) is 10.0 Å². The van der Waals surface area contributed by atoms with E-state index in [4.69, 9.17) is 0 Å². The molecule has 122 valence electrons. The number of hydrogen-bond donors (Lipinski definition) is 3. The second kappa shape index (κ2) is 7.16. The molecule has 8 nitrogen and oxygen atoms in total. The minimum atomic E-state index is -3.42. The van der Waals surface area contributed by atoms with Gasteiger partial charge in [0, 0.05) is 18.3 Å². The number of sulfonamides is 1. The van der Waals surface area contributed by atoms with Crippen molar-refractivity contribution in [3.63, 3.8) is 0 Å². The highest BCUT2D eigenvalue weighted by Crippen LogP contribution is 2.11. The van der Waals surface area contributed by atoms with Crippen LogP contribution in [0.25, 0.3) is 11.4 Å². The van der Waals surface area contributed by atoms with Crippen LogP contribution < -0.4 is 15.6 Å². The van der Waals surface area contributed by atoms with Gasteiger partial charge in [-0.2, -0.15) is 0 Å². The van der Waals surface area contributed by atoms with Crippen LogP contribution in [0.15, 0.2) is 41.3 Å². The quantitative estimate of drug-likeness (QED) is 0.670. The summed E-state index contributed by atoms with van der Waals surface area (Å²) in [5.41, 5.74) is -0.0453. The summed E-state index contributed by atoms with van der Waals surface area (Å²) in [5.74, 6) is -0.600. The van der Waals surface area contributed by atoms with Crippen molar-refractivity contribution in [3.8, 4) is 11.4 Å². The number of hydrogen-bond acceptors (Lipinski definition) is 5. The van der Waals surface area contributed by atoms with E-state index in [0.29, 0.717) is 5.82 Å². The summed E-state index contributed by atoms with van der Waals surface area (Å²) in [4.78, 5) is 30.5. The number of nitrogens with zero attached hydrogens (tertiary/aromatic N) is 1. The molecular formula is C14H16N4O4S. The van der Waals surface area contributed by atoms with Crippen LogP contribution in [0.5, 0.6) is 0 Å². The van der Waals surface area contributed by atoms with E-state index in [1.165, 1.54) is 13.2 Å². The number of nitrogens with one attached hydrogen (secondary N) is 3. The van der Waals surface area contributed by atoms with Gasteiger partial charge in [0.25, 0.3) is 11.5 Å². The molecule has 9 heteroatoms. The van der Waals surface area contributed by atoms with Crippen LogP contribution in [0, 0.1) is 0 Å². The second-order valence-corrected chi connectivity index (χ2v) is 6.67. The first-order valence-corrected chi connectivity index (χ1v) is 8.42. The SMILES string of the molecule is CNS(=O)(=O)CCNC(=O)c1cnc(-c2ccccc2)[nH]c1=O. The largest absolute Gasteiger partial charge is 0.351 e. The Hall–Kier alpha value is -2.52. The van der Waals surface area contributed by atoms with E-state index in [0.717, 1.165) is 5.56 Å². The standard InChI is InChI=1S/C14H16N4O4S/c1-15-23(21,22)8-7-16-13(19)11-9-17-12(18-14(11)20)10-5-3-2-4-6-10/h2-6,9,15H,7-8H2,1H3,(H,16,19)(H,17,18,20). The first kappa shape index (κ1) is 16.8. The fourth-order valence-corrected chi connectivity index (χ4v) is 2.37. The number of carbonyl (C=O) groups is 1. The van der Waals surface area contributed by atoms with Crippen molar-refractivity contribution < 1.29 is 13.2 Å². The van der Waals surface area contributed by atoms with E-state index in [-0.39, 0.29) is 17.9 Å². The molecule has 0 bridgehead atoms. The van der Waals surface area contributed by atoms with Gasteiger partial charge in [0.2, 0.25) is 10.0 Å². The number of aromatic nitrogens is 2. The third-order valence-electron chi connectivity index (χ3n) is 3.06. The molecule has 0 aliphatic heterocycles. The molecule has 0 spiro atoms. The Balaban J connectivity index is 2.09. The molecule has 0 aliphatic carbocycles. The summed E-state index contributed by atoms with van der Waals surface area (Å²) in [6, 6.07) is 9.00. The first-order chi connectivity index (χ1) is 10.9. The first-order valence-electron chi connectivity index (χ1n) is 6.77. The molecule has 1 heterocycles. The Bertz CT molecular complexity index is 847. The van der Waals surface area contributed by atoms with Gasteiger partial charge in [0.05, 0.1) is 5.75 Å². The summed E-state index contributed by atoms with van der Waals surface area (Å²) in [6.07, 6.45) is 1.17. The number of benzene rings is 1. The zero-order valence-corrected chi connectivity index (χ0v) is 13.2. The molecule has 0 unspecified atom stereocenters. The maximum absolute atomic E-state index is 12.0. The van der Waals surface area contributed by atoms with Gasteiger partial charge in [-0.15, -0.1) is 0 Å². The molecule has 0 saturated carbocycles. The number of carbonyl (C=O) groups excluding carboxylic acids is 1. The highest BCUT2D eigenvalue weighted by atomic mass is 32.2. The second-order valence-electron chi connectivity index (χ2n) is 4.62. The molecule has 0 fully saturated rings. The number of H-pyrrole nitrogens is 1. The highest BCUT2D eigenvalue weighted by molar-refractivity contribution is 7.89. The number of aromatic amines is 1. The van der Waals surface area contributed by atoms with Crippen LogP contribution in [-0.4, -0.2) is 43.6 Å². The molecule has 1 amide bonds. The van der Waals surface area contributed by atoms with Gasteiger partial charge in [-0.05, 0) is 7.05 Å². The Morgan fingerprint density at radius 3 is 2.57 bits per heavy atom. The Morgan fingerprint density at radius 1 is 1.26 bits per heavy atom. The molecule has 3 N–H and O–H groups in total. The van der Waals surface area contributed by atoms with Crippen molar-refractivity contribution in [2.24, 2.45) is 0 Å². The van der Waals surface area contributed by atoms with Crippen molar-refractivity contribution >= 4 is 15.9 Å². The van der Waals surface area contributed by atoms with E-state index in [2.05, 4.69) is 20.0 Å². The van der Waals surface area contributed by atoms with E-state index >= 15 is 0 Å². The monoisotopic (exact) mass is 336 g/mol. The van der Waals surface area contributed by atoms with Crippen LogP contribution in [0.3, 0.4) is 0 Å². The maximum atomic E-state index is 12.0. The fraction of sp³-hybridized carbons (Fsp3) is 0.214. The van der Waals surface area contributed by atoms with Crippen LogP contribution >= 0.6 is 0 Å². The molecule has 0 atom stereocenters. The molecule has 0 saturated heterocycles. The molecule has 0 radical (unpaired) electrons. The molecule has 23 heavy (non-hydrogen) atoms. The van der Waals surface area contributed by atoms with Gasteiger partial charge < -0.3 is 10.3 Å². The lowest BCUT2D eigenvalue weighted by Crippen LogP contribution is -2.35. The highest BCUT2D eigenvalue weighted by Gasteiger charge is 2.13. The van der Waals surface area contributed by atoms with Gasteiger partial charge in [-0.1, -0.05) is 30.3 Å². The van der Waals surface area contributed by atoms with E-state index in [9.17, 15) is 18.0 Å². The third-order valence-corrected chi connectivity index (χ3v) is 4.42. The lowest BCUT2D eigenvalue weighted by Gasteiger charge is -2.06. The molecule has 2 aromatic rings. The predicted octanol–water partition coefficient (Wildman–Crippen LogP) is -0.284. The van der Waals surface area contributed by atoms with E-state index in [1.54, 1.807) is 24.3 Å². The summed E-state index contributed by atoms with van der Waals surface area (Å²) >= 11 is 0. The average molecular weight is 336 g/mol. The molecule has 2 rings (SSSR count). The van der Waals surface area contributed by atoms with E-state index in [1.807, 2.05) is 6.07 Å². The van der Waals surface area contributed by atoms with Gasteiger partial charge in [0.1, 0.15) is 11.4 Å². The molecule has 1 aromatic heterocycles. The molecular weight excluding hydrogens is 320 g/mol. The van der Waals surface area contributed by atoms with Crippen molar-refractivity contribution in [2.75, 3.05) is 19.3 Å². The van der Waals surface area contributed by atoms with Crippen molar-refractivity contribution in [1.82, 2.24) is 20.0 Å². The van der Waals surface area contributed by atoms with Crippen LogP contribution in [0.1, 0.15) is 10.4 Å². The number of amides is 1. The molecule has 1 aromatic carbocycles.